The first-order valence-corrected chi connectivity index (χ1v) is 8.65. The van der Waals surface area contributed by atoms with E-state index in [1.54, 1.807) is 0 Å². The molecule has 0 atom stereocenters. The van der Waals surface area contributed by atoms with Gasteiger partial charge < -0.3 is 20.8 Å². The number of piperidine rings is 1. The molecule has 1 saturated heterocycles. The third-order valence-corrected chi connectivity index (χ3v) is 4.70. The number of nitrogens with one attached hydrogen (secondary N) is 3. The second kappa shape index (κ2) is 8.12. The predicted octanol–water partition coefficient (Wildman–Crippen LogP) is 3.91. The second-order valence-corrected chi connectivity index (χ2v) is 6.32. The maximum atomic E-state index is 14.1. The van der Waals surface area contributed by atoms with Crippen molar-refractivity contribution in [1.29, 1.82) is 5.41 Å². The maximum Gasteiger partial charge on any atom is 0.165 e. The summed E-state index contributed by atoms with van der Waals surface area (Å²) in [4.78, 5) is 0. The van der Waals surface area contributed by atoms with Crippen molar-refractivity contribution in [3.8, 4) is 5.75 Å². The molecule has 0 aromatic heterocycles. The highest BCUT2D eigenvalue weighted by atomic mass is 19.1. The van der Waals surface area contributed by atoms with Crippen molar-refractivity contribution in [3.05, 3.63) is 58.9 Å². The standard InChI is InChI=1S/C20H24FN3O/c1-23-19-10-14(2-3-17(19)12-22)13-25-20-11-16(4-5-18(20)21)15-6-8-24-9-7-15/h2-5,10-12,15,22-24H,6-9,13H2,1H3. The summed E-state index contributed by atoms with van der Waals surface area (Å²) in [6, 6.07) is 10.9. The van der Waals surface area contributed by atoms with Crippen LogP contribution in [0, 0.1) is 11.2 Å². The molecule has 0 saturated carbocycles. The van der Waals surface area contributed by atoms with Crippen molar-refractivity contribution >= 4 is 11.9 Å². The Hall–Kier alpha value is -2.40. The Morgan fingerprint density at radius 2 is 2.04 bits per heavy atom. The van der Waals surface area contributed by atoms with Gasteiger partial charge in [0.05, 0.1) is 0 Å². The van der Waals surface area contributed by atoms with Gasteiger partial charge in [-0.15, -0.1) is 0 Å². The minimum absolute atomic E-state index is 0.291. The lowest BCUT2D eigenvalue weighted by Gasteiger charge is -2.23. The van der Waals surface area contributed by atoms with Gasteiger partial charge in [0.15, 0.2) is 11.6 Å². The summed E-state index contributed by atoms with van der Waals surface area (Å²) in [5, 5.41) is 13.8. The highest BCUT2D eigenvalue weighted by molar-refractivity contribution is 5.85. The third-order valence-electron chi connectivity index (χ3n) is 4.70. The van der Waals surface area contributed by atoms with E-state index in [4.69, 9.17) is 10.1 Å². The molecular formula is C20H24FN3O. The lowest BCUT2D eigenvalue weighted by Crippen LogP contribution is -2.26. The Balaban J connectivity index is 1.73. The van der Waals surface area contributed by atoms with Gasteiger partial charge in [-0.2, -0.15) is 0 Å². The van der Waals surface area contributed by atoms with E-state index < -0.39 is 0 Å². The normalized spacial score (nSPS) is 15.0. The fourth-order valence-electron chi connectivity index (χ4n) is 3.24. The Labute approximate surface area is 147 Å². The molecule has 1 heterocycles. The van der Waals surface area contributed by atoms with Gasteiger partial charge in [-0.3, -0.25) is 0 Å². The monoisotopic (exact) mass is 341 g/mol. The van der Waals surface area contributed by atoms with Crippen LogP contribution in [0.1, 0.15) is 35.4 Å². The van der Waals surface area contributed by atoms with Crippen LogP contribution in [-0.2, 0) is 6.61 Å². The van der Waals surface area contributed by atoms with Gasteiger partial charge in [0, 0.05) is 24.5 Å². The van der Waals surface area contributed by atoms with Crippen LogP contribution in [0.15, 0.2) is 36.4 Å². The lowest BCUT2D eigenvalue weighted by molar-refractivity contribution is 0.289. The summed E-state index contributed by atoms with van der Waals surface area (Å²) >= 11 is 0. The predicted molar refractivity (Wildman–Crippen MR) is 99.5 cm³/mol. The van der Waals surface area contributed by atoms with E-state index in [2.05, 4.69) is 10.6 Å². The number of halogens is 1. The Morgan fingerprint density at radius 1 is 1.24 bits per heavy atom. The highest BCUT2D eigenvalue weighted by Gasteiger charge is 2.17. The van der Waals surface area contributed by atoms with Crippen LogP contribution in [0.5, 0.6) is 5.75 Å². The van der Waals surface area contributed by atoms with E-state index in [9.17, 15) is 4.39 Å². The van der Waals surface area contributed by atoms with Crippen molar-refractivity contribution in [2.24, 2.45) is 0 Å². The zero-order valence-corrected chi connectivity index (χ0v) is 14.4. The average Bonchev–Trinajstić information content (AvgIpc) is 2.67. The van der Waals surface area contributed by atoms with Crippen molar-refractivity contribution in [3.63, 3.8) is 0 Å². The zero-order chi connectivity index (χ0) is 17.6. The maximum absolute atomic E-state index is 14.1. The summed E-state index contributed by atoms with van der Waals surface area (Å²) in [5.74, 6) is 0.438. The molecule has 0 bridgehead atoms. The first-order valence-electron chi connectivity index (χ1n) is 8.65. The molecule has 2 aromatic rings. The smallest absolute Gasteiger partial charge is 0.165 e. The minimum atomic E-state index is -0.331. The van der Waals surface area contributed by atoms with Crippen LogP contribution in [0.3, 0.4) is 0 Å². The van der Waals surface area contributed by atoms with Crippen molar-refractivity contribution in [1.82, 2.24) is 5.32 Å². The summed E-state index contributed by atoms with van der Waals surface area (Å²) in [6.45, 7) is 2.30. The molecular weight excluding hydrogens is 317 g/mol. The fourth-order valence-corrected chi connectivity index (χ4v) is 3.24. The van der Waals surface area contributed by atoms with Crippen LogP contribution in [-0.4, -0.2) is 26.4 Å². The van der Waals surface area contributed by atoms with E-state index in [1.807, 2.05) is 37.4 Å². The number of benzene rings is 2. The van der Waals surface area contributed by atoms with E-state index in [-0.39, 0.29) is 5.82 Å². The first-order chi connectivity index (χ1) is 12.2. The van der Waals surface area contributed by atoms with Crippen molar-refractivity contribution in [2.75, 3.05) is 25.5 Å². The van der Waals surface area contributed by atoms with Crippen LogP contribution in [0.4, 0.5) is 10.1 Å². The van der Waals surface area contributed by atoms with E-state index in [1.165, 1.54) is 12.3 Å². The van der Waals surface area contributed by atoms with Gasteiger partial charge in [0.25, 0.3) is 0 Å². The largest absolute Gasteiger partial charge is 0.486 e. The lowest BCUT2D eigenvalue weighted by atomic mass is 9.90. The number of rotatable bonds is 6. The number of hydrogen-bond donors (Lipinski definition) is 3. The molecule has 1 fully saturated rings. The molecule has 0 aliphatic carbocycles. The molecule has 3 N–H and O–H groups in total. The topological polar surface area (TPSA) is 57.1 Å². The Kier molecular flexibility index (Phi) is 5.66. The van der Waals surface area contributed by atoms with Crippen LogP contribution < -0.4 is 15.4 Å². The molecule has 25 heavy (non-hydrogen) atoms. The molecule has 1 aliphatic rings. The van der Waals surface area contributed by atoms with E-state index in [0.29, 0.717) is 18.3 Å². The third kappa shape index (κ3) is 4.17. The van der Waals surface area contributed by atoms with E-state index >= 15 is 0 Å². The van der Waals surface area contributed by atoms with Gasteiger partial charge in [-0.25, -0.2) is 4.39 Å². The molecule has 4 nitrogen and oxygen atoms in total. The highest BCUT2D eigenvalue weighted by Crippen LogP contribution is 2.30. The first kappa shape index (κ1) is 17.4. The zero-order valence-electron chi connectivity index (χ0n) is 14.4. The number of anilines is 1. The summed E-state index contributed by atoms with van der Waals surface area (Å²) in [6.07, 6.45) is 3.45. The van der Waals surface area contributed by atoms with Gasteiger partial charge in [-0.05, 0) is 61.2 Å². The van der Waals surface area contributed by atoms with Gasteiger partial charge in [-0.1, -0.05) is 18.2 Å². The minimum Gasteiger partial charge on any atom is -0.486 e. The van der Waals surface area contributed by atoms with Crippen LogP contribution in [0.25, 0.3) is 0 Å². The van der Waals surface area contributed by atoms with Gasteiger partial charge >= 0.3 is 0 Å². The Morgan fingerprint density at radius 3 is 2.76 bits per heavy atom. The van der Waals surface area contributed by atoms with Crippen LogP contribution >= 0.6 is 0 Å². The average molecular weight is 341 g/mol. The Bertz CT molecular complexity index is 742. The summed E-state index contributed by atoms with van der Waals surface area (Å²) in [7, 11) is 1.81. The molecule has 3 rings (SSSR count). The number of hydrogen-bond acceptors (Lipinski definition) is 4. The molecule has 0 amide bonds. The molecule has 1 aliphatic heterocycles. The van der Waals surface area contributed by atoms with Crippen molar-refractivity contribution in [2.45, 2.75) is 25.4 Å². The molecule has 0 spiro atoms. The molecule has 0 unspecified atom stereocenters. The SMILES string of the molecule is CNc1cc(COc2cc(C3CCNCC3)ccc2F)ccc1C=N. The molecule has 5 heteroatoms. The van der Waals surface area contributed by atoms with Crippen LogP contribution in [0.2, 0.25) is 0 Å². The number of ether oxygens (including phenoxy) is 1. The molecule has 2 aromatic carbocycles. The summed E-state index contributed by atoms with van der Waals surface area (Å²) in [5.41, 5.74) is 3.75. The van der Waals surface area contributed by atoms with Gasteiger partial charge in [0.1, 0.15) is 6.61 Å². The molecule has 0 radical (unpaired) electrons. The second-order valence-electron chi connectivity index (χ2n) is 6.32. The summed E-state index contributed by atoms with van der Waals surface area (Å²) < 4.78 is 19.9. The van der Waals surface area contributed by atoms with Gasteiger partial charge in [0.2, 0.25) is 0 Å². The van der Waals surface area contributed by atoms with E-state index in [0.717, 1.165) is 48.3 Å². The molecule has 132 valence electrons. The fraction of sp³-hybridized carbons (Fsp3) is 0.350. The van der Waals surface area contributed by atoms with Crippen molar-refractivity contribution < 1.29 is 9.13 Å². The quantitative estimate of drug-likeness (QED) is 0.698.